The summed E-state index contributed by atoms with van der Waals surface area (Å²) in [5.74, 6) is -0.749. The van der Waals surface area contributed by atoms with Gasteiger partial charge in [-0.05, 0) is 57.2 Å². The number of benzene rings is 2. The standard InChI is InChI=1S/C21H22FN3O2/c1-14(2)24(20(26)16-10-12-17(22)13-11-16)19-15(3)23(4)25(21(19)27)18-8-6-5-7-9-18/h5-14H,1-4H3. The van der Waals surface area contributed by atoms with Gasteiger partial charge in [0.25, 0.3) is 11.5 Å². The number of hydrogen-bond donors (Lipinski definition) is 0. The number of nitrogens with zero attached hydrogens (tertiary/aromatic N) is 3. The molecule has 2 aromatic carbocycles. The fourth-order valence-corrected chi connectivity index (χ4v) is 3.16. The van der Waals surface area contributed by atoms with Crippen LogP contribution in [0.3, 0.4) is 0 Å². The average Bonchev–Trinajstić information content (AvgIpc) is 2.86. The van der Waals surface area contributed by atoms with Crippen LogP contribution in [0.25, 0.3) is 5.69 Å². The first-order valence-corrected chi connectivity index (χ1v) is 8.76. The molecule has 1 amide bonds. The highest BCUT2D eigenvalue weighted by Gasteiger charge is 2.28. The van der Waals surface area contributed by atoms with E-state index in [1.807, 2.05) is 51.1 Å². The Morgan fingerprint density at radius 2 is 1.63 bits per heavy atom. The number of carbonyl (C=O) groups is 1. The van der Waals surface area contributed by atoms with Crippen LogP contribution in [0.1, 0.15) is 29.9 Å². The maximum Gasteiger partial charge on any atom is 0.295 e. The Kier molecular flexibility index (Phi) is 4.99. The van der Waals surface area contributed by atoms with Gasteiger partial charge in [0, 0.05) is 18.7 Å². The summed E-state index contributed by atoms with van der Waals surface area (Å²) in [7, 11) is 1.79. The predicted octanol–water partition coefficient (Wildman–Crippen LogP) is 3.68. The van der Waals surface area contributed by atoms with E-state index in [0.717, 1.165) is 5.69 Å². The molecule has 0 spiro atoms. The number of halogens is 1. The van der Waals surface area contributed by atoms with Crippen LogP contribution in [-0.4, -0.2) is 21.3 Å². The Balaban J connectivity index is 2.16. The second kappa shape index (κ2) is 7.23. The highest BCUT2D eigenvalue weighted by Crippen LogP contribution is 2.23. The van der Waals surface area contributed by atoms with Crippen molar-refractivity contribution in [3.63, 3.8) is 0 Å². The van der Waals surface area contributed by atoms with Crippen molar-refractivity contribution in [1.29, 1.82) is 0 Å². The van der Waals surface area contributed by atoms with Gasteiger partial charge in [0.1, 0.15) is 11.5 Å². The quantitative estimate of drug-likeness (QED) is 0.706. The summed E-state index contributed by atoms with van der Waals surface area (Å²) in [4.78, 5) is 27.8. The van der Waals surface area contributed by atoms with Crippen LogP contribution in [-0.2, 0) is 7.05 Å². The fourth-order valence-electron chi connectivity index (χ4n) is 3.16. The van der Waals surface area contributed by atoms with E-state index in [9.17, 15) is 14.0 Å². The molecule has 0 radical (unpaired) electrons. The summed E-state index contributed by atoms with van der Waals surface area (Å²) in [6.07, 6.45) is 0. The highest BCUT2D eigenvalue weighted by molar-refractivity contribution is 6.06. The molecule has 0 saturated heterocycles. The zero-order valence-electron chi connectivity index (χ0n) is 15.8. The number of carbonyl (C=O) groups excluding carboxylic acids is 1. The molecule has 5 nitrogen and oxygen atoms in total. The third-order valence-electron chi connectivity index (χ3n) is 4.59. The molecular formula is C21H22FN3O2. The maximum atomic E-state index is 13.2. The smallest absolute Gasteiger partial charge is 0.295 e. The Morgan fingerprint density at radius 3 is 2.19 bits per heavy atom. The lowest BCUT2D eigenvalue weighted by molar-refractivity contribution is 0.0980. The second-order valence-electron chi connectivity index (χ2n) is 6.69. The zero-order chi connectivity index (χ0) is 19.7. The molecule has 0 N–H and O–H groups in total. The number of hydrogen-bond acceptors (Lipinski definition) is 2. The fraction of sp³-hybridized carbons (Fsp3) is 0.238. The summed E-state index contributed by atoms with van der Waals surface area (Å²) in [5.41, 5.74) is 1.78. The largest absolute Gasteiger partial charge is 0.299 e. The molecule has 0 aliphatic rings. The first-order valence-electron chi connectivity index (χ1n) is 8.76. The summed E-state index contributed by atoms with van der Waals surface area (Å²) < 4.78 is 16.5. The van der Waals surface area contributed by atoms with E-state index in [2.05, 4.69) is 0 Å². The van der Waals surface area contributed by atoms with Crippen LogP contribution in [0.2, 0.25) is 0 Å². The van der Waals surface area contributed by atoms with Crippen molar-refractivity contribution in [1.82, 2.24) is 9.36 Å². The molecule has 3 rings (SSSR count). The normalized spacial score (nSPS) is 11.0. The summed E-state index contributed by atoms with van der Waals surface area (Å²) in [5, 5.41) is 0. The van der Waals surface area contributed by atoms with Gasteiger partial charge in [0.15, 0.2) is 0 Å². The lowest BCUT2D eigenvalue weighted by atomic mass is 10.1. The van der Waals surface area contributed by atoms with Gasteiger partial charge < -0.3 is 0 Å². The number of rotatable bonds is 4. The Labute approximate surface area is 157 Å². The van der Waals surface area contributed by atoms with E-state index in [4.69, 9.17) is 0 Å². The third kappa shape index (κ3) is 3.30. The second-order valence-corrected chi connectivity index (χ2v) is 6.69. The number of anilines is 1. The van der Waals surface area contributed by atoms with Gasteiger partial charge in [-0.3, -0.25) is 19.2 Å². The van der Waals surface area contributed by atoms with Crippen molar-refractivity contribution in [3.05, 3.63) is 82.0 Å². The van der Waals surface area contributed by atoms with Crippen LogP contribution in [0.15, 0.2) is 59.4 Å². The number of aromatic nitrogens is 2. The van der Waals surface area contributed by atoms with Crippen molar-refractivity contribution >= 4 is 11.6 Å². The van der Waals surface area contributed by atoms with E-state index in [1.165, 1.54) is 33.8 Å². The first kappa shape index (κ1) is 18.6. The number of para-hydroxylation sites is 1. The van der Waals surface area contributed by atoms with Crippen molar-refractivity contribution in [2.75, 3.05) is 4.90 Å². The molecule has 0 bridgehead atoms. The van der Waals surface area contributed by atoms with Gasteiger partial charge in [-0.15, -0.1) is 0 Å². The van der Waals surface area contributed by atoms with Gasteiger partial charge in [0.2, 0.25) is 0 Å². The van der Waals surface area contributed by atoms with Gasteiger partial charge in [-0.1, -0.05) is 18.2 Å². The van der Waals surface area contributed by atoms with Crippen LogP contribution >= 0.6 is 0 Å². The highest BCUT2D eigenvalue weighted by atomic mass is 19.1. The summed E-state index contributed by atoms with van der Waals surface area (Å²) in [6, 6.07) is 14.4. The van der Waals surface area contributed by atoms with Crippen molar-refractivity contribution in [2.24, 2.45) is 7.05 Å². The molecule has 0 aliphatic heterocycles. The molecular weight excluding hydrogens is 345 g/mol. The van der Waals surface area contributed by atoms with E-state index in [0.29, 0.717) is 16.9 Å². The van der Waals surface area contributed by atoms with Gasteiger partial charge >= 0.3 is 0 Å². The van der Waals surface area contributed by atoms with E-state index in [1.54, 1.807) is 11.7 Å². The minimum Gasteiger partial charge on any atom is -0.299 e. The Morgan fingerprint density at radius 1 is 1.04 bits per heavy atom. The Bertz CT molecular complexity index is 1020. The summed E-state index contributed by atoms with van der Waals surface area (Å²) >= 11 is 0. The van der Waals surface area contributed by atoms with E-state index in [-0.39, 0.29) is 17.5 Å². The van der Waals surface area contributed by atoms with E-state index >= 15 is 0 Å². The van der Waals surface area contributed by atoms with Crippen molar-refractivity contribution in [2.45, 2.75) is 26.8 Å². The maximum absolute atomic E-state index is 13.2. The van der Waals surface area contributed by atoms with Gasteiger partial charge in [0.05, 0.1) is 11.4 Å². The summed E-state index contributed by atoms with van der Waals surface area (Å²) in [6.45, 7) is 5.50. The molecule has 0 saturated carbocycles. The topological polar surface area (TPSA) is 47.2 Å². The molecule has 140 valence electrons. The molecule has 27 heavy (non-hydrogen) atoms. The van der Waals surface area contributed by atoms with E-state index < -0.39 is 5.82 Å². The lowest BCUT2D eigenvalue weighted by Gasteiger charge is -2.25. The number of amides is 1. The predicted molar refractivity (Wildman–Crippen MR) is 104 cm³/mol. The van der Waals surface area contributed by atoms with Crippen LogP contribution in [0, 0.1) is 12.7 Å². The molecule has 0 atom stereocenters. The third-order valence-corrected chi connectivity index (χ3v) is 4.59. The lowest BCUT2D eigenvalue weighted by Crippen LogP contribution is -2.40. The molecule has 0 fully saturated rings. The molecule has 6 heteroatoms. The molecule has 1 heterocycles. The van der Waals surface area contributed by atoms with Crippen molar-refractivity contribution in [3.8, 4) is 5.69 Å². The van der Waals surface area contributed by atoms with Gasteiger partial charge in [-0.2, -0.15) is 0 Å². The van der Waals surface area contributed by atoms with Crippen molar-refractivity contribution < 1.29 is 9.18 Å². The van der Waals surface area contributed by atoms with Gasteiger partial charge in [-0.25, -0.2) is 9.07 Å². The molecule has 3 aromatic rings. The Hall–Kier alpha value is -3.15. The average molecular weight is 367 g/mol. The zero-order valence-corrected chi connectivity index (χ0v) is 15.8. The first-order chi connectivity index (χ1) is 12.8. The SMILES string of the molecule is Cc1c(N(C(=O)c2ccc(F)cc2)C(C)C)c(=O)n(-c2ccccc2)n1C. The molecule has 0 unspecified atom stereocenters. The minimum atomic E-state index is -0.412. The van der Waals surface area contributed by atoms with Crippen LogP contribution in [0.5, 0.6) is 0 Å². The monoisotopic (exact) mass is 367 g/mol. The van der Waals surface area contributed by atoms with Crippen LogP contribution in [0.4, 0.5) is 10.1 Å². The molecule has 0 aliphatic carbocycles. The minimum absolute atomic E-state index is 0.249. The van der Waals surface area contributed by atoms with Crippen LogP contribution < -0.4 is 10.5 Å². The molecule has 1 aromatic heterocycles.